The van der Waals surface area contributed by atoms with Crippen LogP contribution in [0.15, 0.2) is 86.0 Å². The average molecular weight is 647 g/mol. The number of aromatic carboxylic acids is 1. The van der Waals surface area contributed by atoms with Crippen LogP contribution in [0, 0.1) is 0 Å². The number of carbonyl (C=O) groups is 2. The summed E-state index contributed by atoms with van der Waals surface area (Å²) in [5.74, 6) is -1.34. The number of carboxylic acids is 1. The molecular formula is C30H29Cl2LiN6O6. The van der Waals surface area contributed by atoms with Gasteiger partial charge in [-0.3, -0.25) is 9.97 Å². The summed E-state index contributed by atoms with van der Waals surface area (Å²) in [6.07, 6.45) is 11.0. The van der Waals surface area contributed by atoms with Crippen molar-refractivity contribution >= 4 is 46.2 Å². The first-order chi connectivity index (χ1) is 19.8. The molecule has 12 nitrogen and oxygen atoms in total. The molecule has 0 amide bonds. The van der Waals surface area contributed by atoms with Crippen LogP contribution in [0.5, 0.6) is 0 Å². The van der Waals surface area contributed by atoms with E-state index >= 15 is 0 Å². The Labute approximate surface area is 280 Å². The zero-order valence-corrected chi connectivity index (χ0v) is 25.1. The molecule has 0 aliphatic rings. The predicted octanol–water partition coefficient (Wildman–Crippen LogP) is 2.07. The van der Waals surface area contributed by atoms with Gasteiger partial charge in [-0.15, -0.1) is 0 Å². The molecule has 0 fully saturated rings. The fourth-order valence-electron chi connectivity index (χ4n) is 4.13. The molecule has 230 valence electrons. The molecule has 0 saturated carbocycles. The molecular weight excluding hydrogens is 618 g/mol. The fourth-order valence-corrected chi connectivity index (χ4v) is 4.57. The third-order valence-electron chi connectivity index (χ3n) is 6.04. The molecule has 0 unspecified atom stereocenters. The number of hydrogen-bond acceptors (Lipinski definition) is 8. The first-order valence-corrected chi connectivity index (χ1v) is 13.0. The van der Waals surface area contributed by atoms with Crippen molar-refractivity contribution in [3.05, 3.63) is 130 Å². The number of nitrogens with zero attached hydrogens (tertiary/aromatic N) is 6. The van der Waals surface area contributed by atoms with Gasteiger partial charge in [0.2, 0.25) is 0 Å². The molecule has 45 heavy (non-hydrogen) atoms. The standard InChI is InChI=1S/C15H12ClN3O2.C14H10ClN3O2.CH4.Li.2H2O/c1-21-15(20)10-2-3-17-12(4-10)6-13-7-14-5-11(16)8-19(14)9-18-13;15-10-4-13-6-12(17-8-18(13)7-10)5-11-3-9(14(19)20)1-2-16-11;;;;/h2-5,7-9H,6H2,1H3;1-4,6-8H,5H2,(H,19,20);1H4;;2*1H2/q;;;+1;;/p-1. The van der Waals surface area contributed by atoms with Crippen molar-refractivity contribution in [2.75, 3.05) is 7.11 Å². The number of rotatable bonds is 6. The summed E-state index contributed by atoms with van der Waals surface area (Å²) in [7, 11) is 1.36. The Morgan fingerprint density at radius 1 is 0.756 bits per heavy atom. The van der Waals surface area contributed by atoms with Crippen LogP contribution in [0.25, 0.3) is 11.0 Å². The van der Waals surface area contributed by atoms with Crippen LogP contribution in [0.4, 0.5) is 0 Å². The quantitative estimate of drug-likeness (QED) is 0.209. The maximum atomic E-state index is 11.5. The Kier molecular flexibility index (Phi) is 14.9. The Morgan fingerprint density at radius 3 is 1.62 bits per heavy atom. The van der Waals surface area contributed by atoms with Crippen LogP contribution in [0.3, 0.4) is 0 Å². The molecule has 0 aliphatic heterocycles. The summed E-state index contributed by atoms with van der Waals surface area (Å²) >= 11 is 11.9. The van der Waals surface area contributed by atoms with Gasteiger partial charge in [0.25, 0.3) is 0 Å². The SMILES string of the molecule is C.COC(=O)c1ccnc(Cc2cc3cc(Cl)cn3cn2)c1.O.O=C(O)c1ccnc(Cc2cc3cc(Cl)cn3cn2)c1.[Li+].[OH-]. The van der Waals surface area contributed by atoms with Crippen LogP contribution in [0.2, 0.25) is 10.0 Å². The molecule has 0 spiro atoms. The molecule has 0 bridgehead atoms. The minimum absolute atomic E-state index is 0. The Bertz CT molecular complexity index is 1900. The maximum Gasteiger partial charge on any atom is 1.00 e. The van der Waals surface area contributed by atoms with Crippen LogP contribution in [0.1, 0.15) is 50.9 Å². The third kappa shape index (κ3) is 9.86. The molecule has 0 saturated heterocycles. The second kappa shape index (κ2) is 17.3. The van der Waals surface area contributed by atoms with Crippen molar-refractivity contribution < 1.29 is 49.2 Å². The number of halogens is 2. The van der Waals surface area contributed by atoms with Crippen molar-refractivity contribution in [3.8, 4) is 0 Å². The molecule has 0 atom stereocenters. The second-order valence-electron chi connectivity index (χ2n) is 8.96. The van der Waals surface area contributed by atoms with Gasteiger partial charge < -0.3 is 29.6 Å². The molecule has 15 heteroatoms. The van der Waals surface area contributed by atoms with Crippen molar-refractivity contribution in [3.63, 3.8) is 0 Å². The van der Waals surface area contributed by atoms with Gasteiger partial charge in [0, 0.05) is 60.1 Å². The van der Waals surface area contributed by atoms with Gasteiger partial charge in [-0.2, -0.15) is 0 Å². The largest absolute Gasteiger partial charge is 1.00 e. The Morgan fingerprint density at radius 2 is 1.18 bits per heavy atom. The van der Waals surface area contributed by atoms with E-state index in [0.29, 0.717) is 34.1 Å². The predicted molar refractivity (Wildman–Crippen MR) is 165 cm³/mol. The minimum Gasteiger partial charge on any atom is -0.870 e. The van der Waals surface area contributed by atoms with Crippen molar-refractivity contribution in [2.45, 2.75) is 20.3 Å². The van der Waals surface area contributed by atoms with Gasteiger partial charge in [-0.1, -0.05) is 30.6 Å². The van der Waals surface area contributed by atoms with Crippen LogP contribution in [-0.4, -0.2) is 63.8 Å². The van der Waals surface area contributed by atoms with Gasteiger partial charge in [0.05, 0.1) is 52.3 Å². The molecule has 6 heterocycles. The fraction of sp³-hybridized carbons (Fsp3) is 0.133. The second-order valence-corrected chi connectivity index (χ2v) is 9.84. The average Bonchev–Trinajstić information content (AvgIpc) is 3.52. The zero-order valence-electron chi connectivity index (χ0n) is 23.6. The molecule has 0 radical (unpaired) electrons. The van der Waals surface area contributed by atoms with Crippen molar-refractivity contribution in [1.29, 1.82) is 0 Å². The summed E-state index contributed by atoms with van der Waals surface area (Å²) in [6.45, 7) is 0. The van der Waals surface area contributed by atoms with E-state index in [-0.39, 0.29) is 48.8 Å². The Balaban J connectivity index is 0.000000414. The van der Waals surface area contributed by atoms with Crippen LogP contribution in [-0.2, 0) is 17.6 Å². The van der Waals surface area contributed by atoms with E-state index in [1.54, 1.807) is 49.4 Å². The molecule has 6 aromatic heterocycles. The Hall–Kier alpha value is -4.28. The summed E-state index contributed by atoms with van der Waals surface area (Å²) in [4.78, 5) is 39.5. The van der Waals surface area contributed by atoms with Crippen molar-refractivity contribution in [1.82, 2.24) is 28.7 Å². The number of aromatic nitrogens is 6. The van der Waals surface area contributed by atoms with Gasteiger partial charge in [0.1, 0.15) is 0 Å². The number of pyridine rings is 2. The minimum atomic E-state index is -0.963. The zero-order chi connectivity index (χ0) is 28.9. The van der Waals surface area contributed by atoms with E-state index in [0.717, 1.165) is 28.1 Å². The van der Waals surface area contributed by atoms with Crippen LogP contribution >= 0.6 is 23.2 Å². The number of hydrogen-bond donors (Lipinski definition) is 1. The number of methoxy groups -OCH3 is 1. The monoisotopic (exact) mass is 646 g/mol. The third-order valence-corrected chi connectivity index (χ3v) is 6.46. The molecule has 4 N–H and O–H groups in total. The number of esters is 1. The summed E-state index contributed by atoms with van der Waals surface area (Å²) in [5, 5.41) is 10.3. The molecule has 0 aliphatic carbocycles. The van der Waals surface area contributed by atoms with E-state index in [1.165, 1.54) is 19.4 Å². The van der Waals surface area contributed by atoms with E-state index < -0.39 is 5.97 Å². The van der Waals surface area contributed by atoms with E-state index in [9.17, 15) is 9.59 Å². The van der Waals surface area contributed by atoms with Crippen molar-refractivity contribution in [2.24, 2.45) is 0 Å². The van der Waals surface area contributed by atoms with E-state index in [4.69, 9.17) is 33.0 Å². The summed E-state index contributed by atoms with van der Waals surface area (Å²) in [5.41, 5.74) is 5.69. The number of ether oxygens (including phenoxy) is 1. The molecule has 6 aromatic rings. The summed E-state index contributed by atoms with van der Waals surface area (Å²) < 4.78 is 8.38. The number of carbonyl (C=O) groups excluding carboxylic acids is 1. The van der Waals surface area contributed by atoms with Gasteiger partial charge in [0.15, 0.2) is 0 Å². The first kappa shape index (κ1) is 38.7. The van der Waals surface area contributed by atoms with Crippen LogP contribution < -0.4 is 18.9 Å². The maximum absolute atomic E-state index is 11.5. The number of fused-ring (bicyclic) bond motifs is 2. The van der Waals surface area contributed by atoms with Gasteiger partial charge in [-0.05, 0) is 48.5 Å². The van der Waals surface area contributed by atoms with E-state index in [2.05, 4.69) is 19.9 Å². The number of carboxylic acid groups (broad SMARTS) is 1. The molecule has 0 aromatic carbocycles. The molecule has 6 rings (SSSR count). The van der Waals surface area contributed by atoms with Gasteiger partial charge in [-0.25, -0.2) is 19.6 Å². The normalized spacial score (nSPS) is 9.84. The smallest absolute Gasteiger partial charge is 0.870 e. The first-order valence-electron chi connectivity index (χ1n) is 12.2. The van der Waals surface area contributed by atoms with Gasteiger partial charge >= 0.3 is 30.8 Å². The van der Waals surface area contributed by atoms with E-state index in [1.807, 2.05) is 33.1 Å². The topological polar surface area (TPSA) is 185 Å². The summed E-state index contributed by atoms with van der Waals surface area (Å²) in [6, 6.07) is 13.9.